The van der Waals surface area contributed by atoms with Crippen LogP contribution in [0.15, 0.2) is 42.5 Å². The van der Waals surface area contributed by atoms with Gasteiger partial charge < -0.3 is 15.0 Å². The molecule has 1 N–H and O–H groups in total. The fraction of sp³-hybridized carbons (Fsp3) is 0.333. The Morgan fingerprint density at radius 1 is 1.10 bits per heavy atom. The quantitative estimate of drug-likeness (QED) is 0.452. The highest BCUT2D eigenvalue weighted by Gasteiger charge is 2.29. The number of nitrogens with one attached hydrogen (secondary N) is 1. The van der Waals surface area contributed by atoms with Crippen LogP contribution >= 0.6 is 45.8 Å². The van der Waals surface area contributed by atoms with Crippen molar-refractivity contribution in [2.45, 2.75) is 32.9 Å². The molecule has 2 aromatic carbocycles. The summed E-state index contributed by atoms with van der Waals surface area (Å²) in [6, 6.07) is 11.9. The number of amides is 2. The van der Waals surface area contributed by atoms with Crippen LogP contribution in [-0.2, 0) is 16.1 Å². The first-order valence-electron chi connectivity index (χ1n) is 9.25. The minimum atomic E-state index is -0.657. The predicted octanol–water partition coefficient (Wildman–Crippen LogP) is 4.92. The molecule has 0 fully saturated rings. The first-order chi connectivity index (χ1) is 13.9. The second-order valence-corrected chi connectivity index (χ2v) is 8.34. The number of likely N-dealkylation sites (N-methyl/N-ethyl adjacent to an activating group) is 1. The Labute approximate surface area is 194 Å². The largest absolute Gasteiger partial charge is 0.484 e. The zero-order valence-electron chi connectivity index (χ0n) is 16.3. The molecule has 2 rings (SSSR count). The van der Waals surface area contributed by atoms with Gasteiger partial charge in [-0.2, -0.15) is 0 Å². The number of carbonyl (C=O) groups excluding carboxylic acids is 2. The van der Waals surface area contributed by atoms with Gasteiger partial charge in [-0.1, -0.05) is 36.2 Å². The van der Waals surface area contributed by atoms with Crippen LogP contribution in [0, 0.1) is 3.57 Å². The van der Waals surface area contributed by atoms with Gasteiger partial charge in [-0.3, -0.25) is 9.59 Å². The standard InChI is InChI=1S/C21H23Cl2IN2O3/c1-3-19(21(28)25-4-2)26(12-16-17(22)6-5-7-18(16)23)20(27)13-29-15-10-8-14(24)9-11-15/h5-11,19H,3-4,12-13H2,1-2H3,(H,25,28). The molecule has 2 aromatic rings. The molecule has 5 nitrogen and oxygen atoms in total. The van der Waals surface area contributed by atoms with Gasteiger partial charge in [0.15, 0.2) is 6.61 Å². The van der Waals surface area contributed by atoms with E-state index in [0.29, 0.717) is 34.3 Å². The Bertz CT molecular complexity index is 826. The lowest BCUT2D eigenvalue weighted by Crippen LogP contribution is -2.50. The zero-order valence-corrected chi connectivity index (χ0v) is 19.9. The van der Waals surface area contributed by atoms with Crippen molar-refractivity contribution in [1.82, 2.24) is 10.2 Å². The SMILES string of the molecule is CCNC(=O)C(CC)N(Cc1c(Cl)cccc1Cl)C(=O)COc1ccc(I)cc1. The lowest BCUT2D eigenvalue weighted by Gasteiger charge is -2.31. The van der Waals surface area contributed by atoms with Crippen molar-refractivity contribution >= 4 is 57.6 Å². The van der Waals surface area contributed by atoms with E-state index in [0.717, 1.165) is 3.57 Å². The van der Waals surface area contributed by atoms with E-state index in [2.05, 4.69) is 27.9 Å². The first-order valence-corrected chi connectivity index (χ1v) is 11.1. The molecule has 0 saturated carbocycles. The summed E-state index contributed by atoms with van der Waals surface area (Å²) in [5.41, 5.74) is 0.598. The molecule has 0 bridgehead atoms. The number of carbonyl (C=O) groups is 2. The number of ether oxygens (including phenoxy) is 1. The molecule has 0 aliphatic carbocycles. The van der Waals surface area contributed by atoms with Gasteiger partial charge in [0.2, 0.25) is 5.91 Å². The third-order valence-electron chi connectivity index (χ3n) is 4.30. The summed E-state index contributed by atoms with van der Waals surface area (Å²) >= 11 is 14.8. The van der Waals surface area contributed by atoms with Crippen molar-refractivity contribution in [1.29, 1.82) is 0 Å². The number of rotatable bonds is 9. The first kappa shape index (κ1) is 23.8. The van der Waals surface area contributed by atoms with Crippen molar-refractivity contribution in [3.05, 3.63) is 61.6 Å². The Morgan fingerprint density at radius 3 is 2.28 bits per heavy atom. The van der Waals surface area contributed by atoms with Crippen LogP contribution in [0.5, 0.6) is 5.75 Å². The van der Waals surface area contributed by atoms with E-state index in [1.54, 1.807) is 30.3 Å². The average molecular weight is 549 g/mol. The average Bonchev–Trinajstić information content (AvgIpc) is 2.69. The maximum Gasteiger partial charge on any atom is 0.261 e. The summed E-state index contributed by atoms with van der Waals surface area (Å²) in [4.78, 5) is 27.1. The van der Waals surface area contributed by atoms with Gasteiger partial charge in [-0.15, -0.1) is 0 Å². The summed E-state index contributed by atoms with van der Waals surface area (Å²) in [5, 5.41) is 3.67. The molecule has 2 amide bonds. The Balaban J connectivity index is 2.25. The number of nitrogens with zero attached hydrogens (tertiary/aromatic N) is 1. The fourth-order valence-corrected chi connectivity index (χ4v) is 3.70. The highest BCUT2D eigenvalue weighted by Crippen LogP contribution is 2.27. The maximum atomic E-state index is 13.1. The highest BCUT2D eigenvalue weighted by atomic mass is 127. The Hall–Kier alpha value is -1.51. The van der Waals surface area contributed by atoms with Crippen LogP contribution in [-0.4, -0.2) is 35.9 Å². The smallest absolute Gasteiger partial charge is 0.261 e. The molecule has 0 aliphatic heterocycles. The summed E-state index contributed by atoms with van der Waals surface area (Å²) in [6.45, 7) is 4.08. The molecule has 0 saturated heterocycles. The van der Waals surface area contributed by atoms with E-state index in [-0.39, 0.29) is 25.0 Å². The van der Waals surface area contributed by atoms with Crippen molar-refractivity contribution < 1.29 is 14.3 Å². The van der Waals surface area contributed by atoms with Crippen molar-refractivity contribution in [2.24, 2.45) is 0 Å². The zero-order chi connectivity index (χ0) is 21.4. The summed E-state index contributed by atoms with van der Waals surface area (Å²) in [7, 11) is 0. The van der Waals surface area contributed by atoms with Crippen molar-refractivity contribution in [3.63, 3.8) is 0 Å². The number of hydrogen-bond donors (Lipinski definition) is 1. The monoisotopic (exact) mass is 548 g/mol. The molecular formula is C21H23Cl2IN2O3. The number of halogens is 3. The number of benzene rings is 2. The molecule has 8 heteroatoms. The van der Waals surface area contributed by atoms with Crippen LogP contribution in [0.2, 0.25) is 10.0 Å². The lowest BCUT2D eigenvalue weighted by atomic mass is 10.1. The second kappa shape index (κ2) is 11.6. The van der Waals surface area contributed by atoms with Crippen molar-refractivity contribution in [2.75, 3.05) is 13.2 Å². The van der Waals surface area contributed by atoms with Crippen LogP contribution in [0.1, 0.15) is 25.8 Å². The Kier molecular flexibility index (Phi) is 9.52. The molecular weight excluding hydrogens is 526 g/mol. The van der Waals surface area contributed by atoms with Gasteiger partial charge >= 0.3 is 0 Å². The summed E-state index contributed by atoms with van der Waals surface area (Å²) in [5.74, 6) is 0.0407. The van der Waals surface area contributed by atoms with E-state index in [4.69, 9.17) is 27.9 Å². The Morgan fingerprint density at radius 2 is 1.72 bits per heavy atom. The van der Waals surface area contributed by atoms with E-state index in [1.165, 1.54) is 4.90 Å². The minimum Gasteiger partial charge on any atom is -0.484 e. The van der Waals surface area contributed by atoms with Crippen LogP contribution in [0.25, 0.3) is 0 Å². The molecule has 1 unspecified atom stereocenters. The normalized spacial score (nSPS) is 11.6. The van der Waals surface area contributed by atoms with Gasteiger partial charge in [0.05, 0.1) is 0 Å². The summed E-state index contributed by atoms with van der Waals surface area (Å²) < 4.78 is 6.71. The topological polar surface area (TPSA) is 58.6 Å². The van der Waals surface area contributed by atoms with Gasteiger partial charge in [-0.25, -0.2) is 0 Å². The van der Waals surface area contributed by atoms with E-state index >= 15 is 0 Å². The molecule has 0 aromatic heterocycles. The molecule has 29 heavy (non-hydrogen) atoms. The fourth-order valence-electron chi connectivity index (χ4n) is 2.82. The molecule has 0 radical (unpaired) electrons. The predicted molar refractivity (Wildman–Crippen MR) is 124 cm³/mol. The van der Waals surface area contributed by atoms with Gasteiger partial charge in [0, 0.05) is 32.3 Å². The molecule has 156 valence electrons. The second-order valence-electron chi connectivity index (χ2n) is 6.28. The summed E-state index contributed by atoms with van der Waals surface area (Å²) in [6.07, 6.45) is 0.448. The molecule has 0 spiro atoms. The molecule has 0 heterocycles. The minimum absolute atomic E-state index is 0.114. The third kappa shape index (κ3) is 6.76. The van der Waals surface area contributed by atoms with E-state index in [9.17, 15) is 9.59 Å². The van der Waals surface area contributed by atoms with Crippen LogP contribution in [0.4, 0.5) is 0 Å². The number of hydrogen-bond acceptors (Lipinski definition) is 3. The van der Waals surface area contributed by atoms with Gasteiger partial charge in [-0.05, 0) is 72.3 Å². The molecule has 0 aliphatic rings. The lowest BCUT2D eigenvalue weighted by molar-refractivity contribution is -0.142. The van der Waals surface area contributed by atoms with E-state index < -0.39 is 6.04 Å². The highest BCUT2D eigenvalue weighted by molar-refractivity contribution is 14.1. The maximum absolute atomic E-state index is 13.1. The van der Waals surface area contributed by atoms with Gasteiger partial charge in [0.1, 0.15) is 11.8 Å². The van der Waals surface area contributed by atoms with Gasteiger partial charge in [0.25, 0.3) is 5.91 Å². The third-order valence-corrected chi connectivity index (χ3v) is 5.73. The van der Waals surface area contributed by atoms with Crippen LogP contribution < -0.4 is 10.1 Å². The van der Waals surface area contributed by atoms with Crippen molar-refractivity contribution in [3.8, 4) is 5.75 Å². The van der Waals surface area contributed by atoms with Crippen LogP contribution in [0.3, 0.4) is 0 Å². The van der Waals surface area contributed by atoms with E-state index in [1.807, 2.05) is 26.0 Å². The molecule has 1 atom stereocenters.